The SMILES string of the molecule is CC(CC(=O)NC1CC2(CCCC2)Oc2ccccc21)C1CCNCC1. The Morgan fingerprint density at radius 3 is 2.77 bits per heavy atom. The van der Waals surface area contributed by atoms with Gasteiger partial charge in [-0.05, 0) is 69.5 Å². The van der Waals surface area contributed by atoms with Crippen molar-refractivity contribution in [3.63, 3.8) is 0 Å². The molecule has 142 valence electrons. The van der Waals surface area contributed by atoms with E-state index in [-0.39, 0.29) is 17.6 Å². The summed E-state index contributed by atoms with van der Waals surface area (Å²) < 4.78 is 6.41. The van der Waals surface area contributed by atoms with Gasteiger partial charge in [-0.2, -0.15) is 0 Å². The van der Waals surface area contributed by atoms with Crippen molar-refractivity contribution in [3.8, 4) is 5.75 Å². The molecule has 4 rings (SSSR count). The largest absolute Gasteiger partial charge is 0.487 e. The molecule has 2 atom stereocenters. The van der Waals surface area contributed by atoms with Crippen LogP contribution in [0.4, 0.5) is 0 Å². The van der Waals surface area contributed by atoms with E-state index in [1.165, 1.54) is 25.7 Å². The van der Waals surface area contributed by atoms with Gasteiger partial charge in [-0.3, -0.25) is 4.79 Å². The zero-order chi connectivity index (χ0) is 18.0. The molecule has 2 heterocycles. The maximum absolute atomic E-state index is 12.8. The number of rotatable bonds is 4. The van der Waals surface area contributed by atoms with Gasteiger partial charge in [0.15, 0.2) is 0 Å². The lowest BCUT2D eigenvalue weighted by atomic mass is 9.83. The highest BCUT2D eigenvalue weighted by Crippen LogP contribution is 2.47. The fraction of sp³-hybridized carbons (Fsp3) is 0.682. The van der Waals surface area contributed by atoms with Crippen LogP contribution in [0.1, 0.15) is 69.9 Å². The predicted molar refractivity (Wildman–Crippen MR) is 103 cm³/mol. The fourth-order valence-corrected chi connectivity index (χ4v) is 5.20. The lowest BCUT2D eigenvalue weighted by molar-refractivity contribution is -0.123. The Bertz CT molecular complexity index is 633. The van der Waals surface area contributed by atoms with E-state index in [4.69, 9.17) is 4.74 Å². The first-order valence-corrected chi connectivity index (χ1v) is 10.4. The van der Waals surface area contributed by atoms with Gasteiger partial charge in [0.2, 0.25) is 5.91 Å². The second kappa shape index (κ2) is 7.59. The molecule has 1 saturated heterocycles. The molecule has 1 aromatic rings. The maximum atomic E-state index is 12.8. The molecule has 2 unspecified atom stereocenters. The summed E-state index contributed by atoms with van der Waals surface area (Å²) in [6.07, 6.45) is 8.62. The Morgan fingerprint density at radius 1 is 1.27 bits per heavy atom. The van der Waals surface area contributed by atoms with E-state index >= 15 is 0 Å². The average molecular weight is 357 g/mol. The van der Waals surface area contributed by atoms with Crippen molar-refractivity contribution in [1.82, 2.24) is 10.6 Å². The standard InChI is InChI=1S/C22H32N2O2/c1-16(17-8-12-23-13-9-17)14-21(25)24-19-15-22(10-4-5-11-22)26-20-7-3-2-6-18(19)20/h2-3,6-7,16-17,19,23H,4-5,8-15H2,1H3,(H,24,25). The highest BCUT2D eigenvalue weighted by molar-refractivity contribution is 5.77. The van der Waals surface area contributed by atoms with Crippen LogP contribution in [0.3, 0.4) is 0 Å². The Labute approximate surface area is 157 Å². The van der Waals surface area contributed by atoms with Gasteiger partial charge in [0.05, 0.1) is 6.04 Å². The number of hydrogen-bond acceptors (Lipinski definition) is 3. The van der Waals surface area contributed by atoms with Crippen LogP contribution in [0.15, 0.2) is 24.3 Å². The fourth-order valence-electron chi connectivity index (χ4n) is 5.20. The number of ether oxygens (including phenoxy) is 1. The van der Waals surface area contributed by atoms with Crippen LogP contribution in [-0.4, -0.2) is 24.6 Å². The van der Waals surface area contributed by atoms with Crippen LogP contribution < -0.4 is 15.4 Å². The molecular formula is C22H32N2O2. The van der Waals surface area contributed by atoms with E-state index in [2.05, 4.69) is 29.7 Å². The van der Waals surface area contributed by atoms with Crippen molar-refractivity contribution in [3.05, 3.63) is 29.8 Å². The first kappa shape index (κ1) is 17.8. The van der Waals surface area contributed by atoms with E-state index < -0.39 is 0 Å². The highest BCUT2D eigenvalue weighted by Gasteiger charge is 2.43. The first-order chi connectivity index (χ1) is 12.7. The molecule has 1 saturated carbocycles. The summed E-state index contributed by atoms with van der Waals surface area (Å²) in [6, 6.07) is 8.34. The summed E-state index contributed by atoms with van der Waals surface area (Å²) in [5, 5.41) is 6.77. The third kappa shape index (κ3) is 3.75. The Balaban J connectivity index is 1.43. The molecule has 3 aliphatic rings. The van der Waals surface area contributed by atoms with Gasteiger partial charge in [0, 0.05) is 18.4 Å². The van der Waals surface area contributed by atoms with E-state index in [0.29, 0.717) is 18.3 Å². The number of carbonyl (C=O) groups excluding carboxylic acids is 1. The molecule has 1 aliphatic carbocycles. The van der Waals surface area contributed by atoms with Gasteiger partial charge in [0.25, 0.3) is 0 Å². The zero-order valence-corrected chi connectivity index (χ0v) is 15.9. The van der Waals surface area contributed by atoms with Gasteiger partial charge < -0.3 is 15.4 Å². The summed E-state index contributed by atoms with van der Waals surface area (Å²) in [7, 11) is 0. The second-order valence-electron chi connectivity index (χ2n) is 8.62. The van der Waals surface area contributed by atoms with Crippen molar-refractivity contribution >= 4 is 5.91 Å². The topological polar surface area (TPSA) is 50.4 Å². The van der Waals surface area contributed by atoms with Crippen LogP contribution in [0, 0.1) is 11.8 Å². The first-order valence-electron chi connectivity index (χ1n) is 10.4. The monoisotopic (exact) mass is 356 g/mol. The minimum Gasteiger partial charge on any atom is -0.487 e. The van der Waals surface area contributed by atoms with Crippen molar-refractivity contribution in [1.29, 1.82) is 0 Å². The molecule has 1 aromatic carbocycles. The number of benzene rings is 1. The van der Waals surface area contributed by atoms with E-state index in [1.54, 1.807) is 0 Å². The Hall–Kier alpha value is -1.55. The molecule has 0 aromatic heterocycles. The molecule has 4 heteroatoms. The van der Waals surface area contributed by atoms with Crippen molar-refractivity contribution in [2.24, 2.45) is 11.8 Å². The van der Waals surface area contributed by atoms with Crippen LogP contribution in [-0.2, 0) is 4.79 Å². The van der Waals surface area contributed by atoms with Crippen molar-refractivity contribution < 1.29 is 9.53 Å². The number of amides is 1. The minimum absolute atomic E-state index is 0.0625. The summed E-state index contributed by atoms with van der Waals surface area (Å²) in [5.41, 5.74) is 1.08. The van der Waals surface area contributed by atoms with E-state index in [0.717, 1.165) is 43.7 Å². The zero-order valence-electron chi connectivity index (χ0n) is 15.9. The number of fused-ring (bicyclic) bond motifs is 1. The van der Waals surface area contributed by atoms with Crippen LogP contribution in [0.5, 0.6) is 5.75 Å². The molecule has 0 bridgehead atoms. The summed E-state index contributed by atoms with van der Waals surface area (Å²) in [5.74, 6) is 2.29. The third-order valence-electron chi connectivity index (χ3n) is 6.74. The molecular weight excluding hydrogens is 324 g/mol. The van der Waals surface area contributed by atoms with E-state index in [1.807, 2.05) is 12.1 Å². The predicted octanol–water partition coefficient (Wildman–Crippen LogP) is 3.97. The van der Waals surface area contributed by atoms with Crippen LogP contribution in [0.2, 0.25) is 0 Å². The normalized spacial score (nSPS) is 26.1. The molecule has 1 spiro atoms. The summed E-state index contributed by atoms with van der Waals surface area (Å²) >= 11 is 0. The molecule has 2 N–H and O–H groups in total. The van der Waals surface area contributed by atoms with Gasteiger partial charge in [0.1, 0.15) is 11.4 Å². The number of hydrogen-bond donors (Lipinski definition) is 2. The summed E-state index contributed by atoms with van der Waals surface area (Å²) in [6.45, 7) is 4.42. The second-order valence-corrected chi connectivity index (χ2v) is 8.62. The Morgan fingerprint density at radius 2 is 2.00 bits per heavy atom. The maximum Gasteiger partial charge on any atom is 0.220 e. The molecule has 1 amide bonds. The van der Waals surface area contributed by atoms with Crippen LogP contribution >= 0.6 is 0 Å². The smallest absolute Gasteiger partial charge is 0.220 e. The lowest BCUT2D eigenvalue weighted by Gasteiger charge is -2.40. The third-order valence-corrected chi connectivity index (χ3v) is 6.74. The minimum atomic E-state index is -0.0625. The lowest BCUT2D eigenvalue weighted by Crippen LogP contribution is -2.44. The highest BCUT2D eigenvalue weighted by atomic mass is 16.5. The van der Waals surface area contributed by atoms with Gasteiger partial charge >= 0.3 is 0 Å². The van der Waals surface area contributed by atoms with E-state index in [9.17, 15) is 4.79 Å². The van der Waals surface area contributed by atoms with Crippen LogP contribution in [0.25, 0.3) is 0 Å². The molecule has 0 radical (unpaired) electrons. The number of nitrogens with one attached hydrogen (secondary N) is 2. The number of para-hydroxylation sites is 1. The number of carbonyl (C=O) groups is 1. The molecule has 2 fully saturated rings. The molecule has 26 heavy (non-hydrogen) atoms. The molecule has 2 aliphatic heterocycles. The Kier molecular flexibility index (Phi) is 5.21. The van der Waals surface area contributed by atoms with Gasteiger partial charge in [-0.1, -0.05) is 25.1 Å². The quantitative estimate of drug-likeness (QED) is 0.858. The van der Waals surface area contributed by atoms with Crippen molar-refractivity contribution in [2.45, 2.75) is 69.9 Å². The molecule has 4 nitrogen and oxygen atoms in total. The number of piperidine rings is 1. The van der Waals surface area contributed by atoms with Gasteiger partial charge in [-0.25, -0.2) is 0 Å². The average Bonchev–Trinajstić information content (AvgIpc) is 3.09. The van der Waals surface area contributed by atoms with Gasteiger partial charge in [-0.15, -0.1) is 0 Å². The van der Waals surface area contributed by atoms with Crippen molar-refractivity contribution in [2.75, 3.05) is 13.1 Å². The summed E-state index contributed by atoms with van der Waals surface area (Å²) in [4.78, 5) is 12.8.